The van der Waals surface area contributed by atoms with Crippen LogP contribution < -0.4 is 10.5 Å². The Morgan fingerprint density at radius 1 is 1.39 bits per heavy atom. The molecule has 1 aromatic rings. The summed E-state index contributed by atoms with van der Waals surface area (Å²) in [6.07, 6.45) is 3.22. The molecule has 1 heterocycles. The quantitative estimate of drug-likeness (QED) is 0.360. The maximum Gasteiger partial charge on any atom is 0.264 e. The van der Waals surface area contributed by atoms with Gasteiger partial charge in [0.15, 0.2) is 4.77 Å². The number of nitrogens with one attached hydrogen (secondary N) is 2. The molecule has 1 atom stereocenters. The van der Waals surface area contributed by atoms with Gasteiger partial charge in [-0.1, -0.05) is 6.92 Å². The predicted molar refractivity (Wildman–Crippen MR) is 96.5 cm³/mol. The molecule has 0 saturated carbocycles. The van der Waals surface area contributed by atoms with Gasteiger partial charge in [-0.25, -0.2) is 0 Å². The summed E-state index contributed by atoms with van der Waals surface area (Å²) in [5.74, 6) is -0.105. The van der Waals surface area contributed by atoms with Crippen LogP contribution in [0.4, 0.5) is 0 Å². The van der Waals surface area contributed by atoms with Crippen molar-refractivity contribution in [2.24, 2.45) is 4.99 Å². The van der Waals surface area contributed by atoms with Crippen LogP contribution in [0.1, 0.15) is 52.1 Å². The van der Waals surface area contributed by atoms with Crippen molar-refractivity contribution in [3.05, 3.63) is 20.7 Å². The summed E-state index contributed by atoms with van der Waals surface area (Å²) in [5, 5.41) is 10.4. The van der Waals surface area contributed by atoms with Gasteiger partial charge >= 0.3 is 0 Å². The zero-order valence-electron chi connectivity index (χ0n) is 14.6. The van der Waals surface area contributed by atoms with Gasteiger partial charge in [-0.3, -0.25) is 19.3 Å². The molecule has 0 amide bonds. The van der Waals surface area contributed by atoms with Gasteiger partial charge in [-0.15, -0.1) is 0 Å². The first-order chi connectivity index (χ1) is 11.0. The standard InChI is InChI=1S/C16H28N4O2S/c1-5-12(4)20-15(22)13(14(21)18-16(20)23)11-17-9-8-10-19(6-2)7-3/h11-12,22H,5-10H2,1-4H3,(H,18,21,23)/p+1/t12-/m0/s1. The number of quaternary nitrogens is 1. The van der Waals surface area contributed by atoms with Crippen molar-refractivity contribution < 1.29 is 10.0 Å². The van der Waals surface area contributed by atoms with Crippen molar-refractivity contribution in [1.82, 2.24) is 9.55 Å². The first-order valence-electron chi connectivity index (χ1n) is 8.37. The van der Waals surface area contributed by atoms with E-state index in [0.717, 1.165) is 32.5 Å². The largest absolute Gasteiger partial charge is 0.494 e. The summed E-state index contributed by atoms with van der Waals surface area (Å²) in [6.45, 7) is 12.2. The Balaban J connectivity index is 2.86. The van der Waals surface area contributed by atoms with Gasteiger partial charge in [0.25, 0.3) is 5.56 Å². The number of aromatic amines is 1. The van der Waals surface area contributed by atoms with Gasteiger partial charge in [0.1, 0.15) is 5.56 Å². The lowest BCUT2D eigenvalue weighted by molar-refractivity contribution is -0.896. The average molecular weight is 342 g/mol. The third-order valence-corrected chi connectivity index (χ3v) is 4.52. The highest BCUT2D eigenvalue weighted by molar-refractivity contribution is 7.71. The fourth-order valence-electron chi connectivity index (χ4n) is 2.44. The molecule has 0 aliphatic carbocycles. The van der Waals surface area contributed by atoms with Crippen LogP contribution in [0.2, 0.25) is 0 Å². The van der Waals surface area contributed by atoms with Crippen molar-refractivity contribution in [2.75, 3.05) is 26.2 Å². The minimum Gasteiger partial charge on any atom is -0.494 e. The van der Waals surface area contributed by atoms with Crippen molar-refractivity contribution in [3.63, 3.8) is 0 Å². The van der Waals surface area contributed by atoms with Crippen LogP contribution in [0, 0.1) is 4.77 Å². The molecule has 6 nitrogen and oxygen atoms in total. The van der Waals surface area contributed by atoms with E-state index in [1.807, 2.05) is 13.8 Å². The lowest BCUT2D eigenvalue weighted by atomic mass is 10.2. The molecule has 0 fully saturated rings. The summed E-state index contributed by atoms with van der Waals surface area (Å²) in [5.41, 5.74) is -0.223. The Bertz CT molecular complexity index is 632. The summed E-state index contributed by atoms with van der Waals surface area (Å²) in [6, 6.07) is 0.0118. The summed E-state index contributed by atoms with van der Waals surface area (Å²) < 4.78 is 1.81. The zero-order chi connectivity index (χ0) is 17.4. The lowest BCUT2D eigenvalue weighted by Crippen LogP contribution is -3.11. The van der Waals surface area contributed by atoms with Gasteiger partial charge in [0.05, 0.1) is 19.6 Å². The molecule has 0 aliphatic rings. The van der Waals surface area contributed by atoms with Gasteiger partial charge in [0.2, 0.25) is 5.88 Å². The molecular weight excluding hydrogens is 312 g/mol. The minimum absolute atomic E-state index is 0.0118. The number of hydrogen-bond acceptors (Lipinski definition) is 4. The molecule has 1 rings (SSSR count). The summed E-state index contributed by atoms with van der Waals surface area (Å²) in [7, 11) is 0. The molecule has 0 spiro atoms. The van der Waals surface area contributed by atoms with Crippen LogP contribution in [0.5, 0.6) is 5.88 Å². The van der Waals surface area contributed by atoms with E-state index in [1.165, 1.54) is 11.1 Å². The number of rotatable bonds is 9. The highest BCUT2D eigenvalue weighted by atomic mass is 32.1. The van der Waals surface area contributed by atoms with Gasteiger partial charge in [0, 0.05) is 25.2 Å². The number of aromatic hydroxyl groups is 1. The van der Waals surface area contributed by atoms with E-state index in [0.29, 0.717) is 6.54 Å². The summed E-state index contributed by atoms with van der Waals surface area (Å²) >= 11 is 5.14. The van der Waals surface area contributed by atoms with E-state index < -0.39 is 5.56 Å². The Kier molecular flexibility index (Phi) is 8.19. The number of aliphatic imine (C=N–C) groups is 1. The van der Waals surface area contributed by atoms with Crippen LogP contribution in [0.25, 0.3) is 0 Å². The Morgan fingerprint density at radius 2 is 2.04 bits per heavy atom. The van der Waals surface area contributed by atoms with Crippen molar-refractivity contribution in [1.29, 1.82) is 0 Å². The molecule has 0 unspecified atom stereocenters. The smallest absolute Gasteiger partial charge is 0.264 e. The third kappa shape index (κ3) is 5.28. The van der Waals surface area contributed by atoms with Crippen molar-refractivity contribution >= 4 is 18.4 Å². The highest BCUT2D eigenvalue weighted by Gasteiger charge is 2.14. The highest BCUT2D eigenvalue weighted by Crippen LogP contribution is 2.19. The van der Waals surface area contributed by atoms with Crippen molar-refractivity contribution in [2.45, 2.75) is 46.6 Å². The molecular formula is C16H29N4O2S+. The Labute approximate surface area is 142 Å². The van der Waals surface area contributed by atoms with Crippen LogP contribution >= 0.6 is 12.2 Å². The first kappa shape index (κ1) is 19.6. The molecule has 0 aliphatic heterocycles. The van der Waals surface area contributed by atoms with E-state index >= 15 is 0 Å². The second-order valence-corrected chi connectivity index (χ2v) is 6.11. The summed E-state index contributed by atoms with van der Waals surface area (Å²) in [4.78, 5) is 20.4. The first-order valence-corrected chi connectivity index (χ1v) is 8.78. The number of hydrogen-bond donors (Lipinski definition) is 3. The number of nitrogens with zero attached hydrogens (tertiary/aromatic N) is 2. The molecule has 0 radical (unpaired) electrons. The van der Waals surface area contributed by atoms with E-state index in [2.05, 4.69) is 23.8 Å². The van der Waals surface area contributed by atoms with Crippen LogP contribution in [0.15, 0.2) is 9.79 Å². The van der Waals surface area contributed by atoms with Crippen LogP contribution in [0.3, 0.4) is 0 Å². The fraction of sp³-hybridized carbons (Fsp3) is 0.688. The SMILES string of the molecule is CC[C@H](C)n1c(O)c(C=NCCC[NH+](CC)CC)c(=O)[nH]c1=S. The number of H-pyrrole nitrogens is 1. The van der Waals surface area contributed by atoms with Crippen LogP contribution in [-0.4, -0.2) is 47.1 Å². The maximum absolute atomic E-state index is 12.0. The molecule has 130 valence electrons. The van der Waals surface area contributed by atoms with E-state index in [-0.39, 0.29) is 22.3 Å². The van der Waals surface area contributed by atoms with E-state index in [1.54, 1.807) is 4.57 Å². The average Bonchev–Trinajstić information content (AvgIpc) is 2.52. The molecule has 0 saturated heterocycles. The minimum atomic E-state index is -0.398. The predicted octanol–water partition coefficient (Wildman–Crippen LogP) is 1.32. The van der Waals surface area contributed by atoms with Gasteiger partial charge < -0.3 is 10.0 Å². The molecule has 3 N–H and O–H groups in total. The molecule has 7 heteroatoms. The molecule has 23 heavy (non-hydrogen) atoms. The monoisotopic (exact) mass is 341 g/mol. The maximum atomic E-state index is 12.0. The topological polar surface area (TPSA) is 74.8 Å². The van der Waals surface area contributed by atoms with Crippen molar-refractivity contribution in [3.8, 4) is 5.88 Å². The van der Waals surface area contributed by atoms with Gasteiger partial charge in [-0.2, -0.15) is 0 Å². The Hall–Kier alpha value is -1.47. The second kappa shape index (κ2) is 9.62. The zero-order valence-corrected chi connectivity index (χ0v) is 15.4. The number of aromatic nitrogens is 2. The normalized spacial score (nSPS) is 13.1. The molecule has 0 aromatic carbocycles. The second-order valence-electron chi connectivity index (χ2n) is 5.72. The Morgan fingerprint density at radius 3 is 2.61 bits per heavy atom. The third-order valence-electron chi connectivity index (χ3n) is 4.22. The lowest BCUT2D eigenvalue weighted by Gasteiger charge is -2.16. The fourth-order valence-corrected chi connectivity index (χ4v) is 2.80. The van der Waals surface area contributed by atoms with Crippen LogP contribution in [-0.2, 0) is 0 Å². The van der Waals surface area contributed by atoms with E-state index in [4.69, 9.17) is 12.2 Å². The van der Waals surface area contributed by atoms with Gasteiger partial charge in [-0.05, 0) is 39.4 Å². The van der Waals surface area contributed by atoms with E-state index in [9.17, 15) is 9.90 Å². The molecule has 1 aromatic heterocycles. The molecule has 0 bridgehead atoms.